The van der Waals surface area contributed by atoms with Crippen LogP contribution < -0.4 is 15.8 Å². The summed E-state index contributed by atoms with van der Waals surface area (Å²) in [5.74, 6) is -0.652. The number of hydrogen-bond acceptors (Lipinski definition) is 4. The molecule has 1 aromatic heterocycles. The molecule has 2 amide bonds. The summed E-state index contributed by atoms with van der Waals surface area (Å²) in [6.07, 6.45) is 6.84. The summed E-state index contributed by atoms with van der Waals surface area (Å²) < 4.78 is 0. The van der Waals surface area contributed by atoms with Gasteiger partial charge in [0, 0.05) is 35.5 Å². The number of rotatable bonds is 4. The zero-order valence-corrected chi connectivity index (χ0v) is 16.0. The maximum atomic E-state index is 12.3. The number of nitrogens with one attached hydrogen (secondary N) is 2. The summed E-state index contributed by atoms with van der Waals surface area (Å²) in [5.41, 5.74) is 8.94. The van der Waals surface area contributed by atoms with Gasteiger partial charge in [-0.15, -0.1) is 0 Å². The van der Waals surface area contributed by atoms with Gasteiger partial charge < -0.3 is 4.90 Å². The molecule has 0 aliphatic carbocycles. The minimum absolute atomic E-state index is 0.203. The zero-order chi connectivity index (χ0) is 20.1. The van der Waals surface area contributed by atoms with E-state index in [0.29, 0.717) is 0 Å². The number of anilines is 1. The van der Waals surface area contributed by atoms with Gasteiger partial charge in [-0.2, -0.15) is 0 Å². The van der Waals surface area contributed by atoms with Crippen molar-refractivity contribution in [1.82, 2.24) is 15.8 Å². The standard InChI is InChI=1S/C23H22N4O2/c28-21(13-12-19-8-3-7-18-9-4-14-24-23(18)19)25-26-22(29)16-27-15-5-10-17-6-1-2-11-20(17)27/h1-4,6-9,11-14H,5,10,15-16H2,(H,25,28)(H,26,29)/b13-12+. The highest BCUT2D eigenvalue weighted by Gasteiger charge is 2.18. The first kappa shape index (κ1) is 18.7. The predicted octanol–water partition coefficient (Wildman–Crippen LogP) is 2.85. The number of hydrogen-bond donors (Lipinski definition) is 2. The third kappa shape index (κ3) is 4.43. The highest BCUT2D eigenvalue weighted by Crippen LogP contribution is 2.26. The van der Waals surface area contributed by atoms with Crippen molar-refractivity contribution in [2.45, 2.75) is 12.8 Å². The monoisotopic (exact) mass is 386 g/mol. The number of para-hydroxylation sites is 2. The van der Waals surface area contributed by atoms with Crippen LogP contribution in [-0.4, -0.2) is 29.9 Å². The molecule has 6 nitrogen and oxygen atoms in total. The van der Waals surface area contributed by atoms with Crippen LogP contribution >= 0.6 is 0 Å². The number of benzene rings is 2. The fourth-order valence-corrected chi connectivity index (χ4v) is 3.59. The van der Waals surface area contributed by atoms with Crippen LogP contribution in [0.2, 0.25) is 0 Å². The zero-order valence-electron chi connectivity index (χ0n) is 16.0. The Balaban J connectivity index is 1.33. The lowest BCUT2D eigenvalue weighted by molar-refractivity contribution is -0.125. The molecule has 4 rings (SSSR count). The highest BCUT2D eigenvalue weighted by molar-refractivity contribution is 5.96. The Morgan fingerprint density at radius 1 is 1.03 bits per heavy atom. The van der Waals surface area contributed by atoms with E-state index in [4.69, 9.17) is 0 Å². The van der Waals surface area contributed by atoms with Crippen LogP contribution in [0.25, 0.3) is 17.0 Å². The van der Waals surface area contributed by atoms with Crippen molar-refractivity contribution in [1.29, 1.82) is 0 Å². The summed E-state index contributed by atoms with van der Waals surface area (Å²) in [6.45, 7) is 1.03. The molecule has 0 fully saturated rings. The summed E-state index contributed by atoms with van der Waals surface area (Å²) in [7, 11) is 0. The maximum Gasteiger partial charge on any atom is 0.262 e. The van der Waals surface area contributed by atoms with E-state index in [0.717, 1.165) is 41.5 Å². The smallest absolute Gasteiger partial charge is 0.262 e. The molecule has 29 heavy (non-hydrogen) atoms. The lowest BCUT2D eigenvalue weighted by Gasteiger charge is -2.30. The number of nitrogens with zero attached hydrogens (tertiary/aromatic N) is 2. The molecule has 0 radical (unpaired) electrons. The molecule has 1 aliphatic rings. The van der Waals surface area contributed by atoms with Crippen LogP contribution in [0.3, 0.4) is 0 Å². The van der Waals surface area contributed by atoms with E-state index in [1.165, 1.54) is 11.6 Å². The summed E-state index contributed by atoms with van der Waals surface area (Å²) in [4.78, 5) is 30.8. The minimum atomic E-state index is -0.398. The van der Waals surface area contributed by atoms with E-state index in [1.807, 2.05) is 53.4 Å². The van der Waals surface area contributed by atoms with Gasteiger partial charge in [-0.25, -0.2) is 0 Å². The molecule has 0 unspecified atom stereocenters. The molecule has 2 heterocycles. The summed E-state index contributed by atoms with van der Waals surface area (Å²) in [5, 5.41) is 1.00. The van der Waals surface area contributed by atoms with Crippen molar-refractivity contribution in [3.8, 4) is 0 Å². The third-order valence-corrected chi connectivity index (χ3v) is 4.94. The van der Waals surface area contributed by atoms with Gasteiger partial charge in [0.1, 0.15) is 0 Å². The lowest BCUT2D eigenvalue weighted by atomic mass is 10.0. The molecule has 146 valence electrons. The number of pyridine rings is 1. The minimum Gasteiger partial charge on any atom is -0.362 e. The van der Waals surface area contributed by atoms with E-state index in [-0.39, 0.29) is 12.5 Å². The molecule has 0 spiro atoms. The molecule has 1 aliphatic heterocycles. The maximum absolute atomic E-state index is 12.3. The molecule has 0 bridgehead atoms. The van der Waals surface area contributed by atoms with E-state index in [9.17, 15) is 9.59 Å². The molecular weight excluding hydrogens is 364 g/mol. The van der Waals surface area contributed by atoms with Crippen LogP contribution in [0.15, 0.2) is 66.9 Å². The average molecular weight is 386 g/mol. The Hall–Kier alpha value is -3.67. The molecule has 3 aromatic rings. The van der Waals surface area contributed by atoms with Gasteiger partial charge >= 0.3 is 0 Å². The molecule has 0 saturated heterocycles. The van der Waals surface area contributed by atoms with E-state index >= 15 is 0 Å². The number of aromatic nitrogens is 1. The number of aryl methyl sites for hydroxylation is 1. The Kier molecular flexibility index (Phi) is 5.52. The van der Waals surface area contributed by atoms with E-state index in [2.05, 4.69) is 21.9 Å². The molecule has 0 saturated carbocycles. The van der Waals surface area contributed by atoms with E-state index in [1.54, 1.807) is 12.3 Å². The van der Waals surface area contributed by atoms with Crippen molar-refractivity contribution in [2.24, 2.45) is 0 Å². The summed E-state index contributed by atoms with van der Waals surface area (Å²) in [6, 6.07) is 17.7. The Morgan fingerprint density at radius 3 is 2.83 bits per heavy atom. The lowest BCUT2D eigenvalue weighted by Crippen LogP contribution is -2.47. The molecule has 2 aromatic carbocycles. The second kappa shape index (κ2) is 8.56. The number of fused-ring (bicyclic) bond motifs is 2. The molecule has 0 atom stereocenters. The van der Waals surface area contributed by atoms with Crippen molar-refractivity contribution in [2.75, 3.05) is 18.0 Å². The Morgan fingerprint density at radius 2 is 1.90 bits per heavy atom. The van der Waals surface area contributed by atoms with Gasteiger partial charge in [0.15, 0.2) is 0 Å². The quantitative estimate of drug-likeness (QED) is 0.534. The second-order valence-corrected chi connectivity index (χ2v) is 6.95. The van der Waals surface area contributed by atoms with Crippen molar-refractivity contribution < 1.29 is 9.59 Å². The number of amides is 2. The fourth-order valence-electron chi connectivity index (χ4n) is 3.59. The number of carbonyl (C=O) groups excluding carboxylic acids is 2. The Bertz CT molecular complexity index is 1070. The first-order valence-corrected chi connectivity index (χ1v) is 9.64. The van der Waals surface area contributed by atoms with Crippen molar-refractivity contribution in [3.63, 3.8) is 0 Å². The Labute approximate surface area is 169 Å². The number of carbonyl (C=O) groups is 2. The van der Waals surface area contributed by atoms with Gasteiger partial charge in [0.25, 0.3) is 11.8 Å². The highest BCUT2D eigenvalue weighted by atomic mass is 16.2. The van der Waals surface area contributed by atoms with E-state index < -0.39 is 5.91 Å². The van der Waals surface area contributed by atoms with Crippen molar-refractivity contribution >= 4 is 34.5 Å². The number of hydrazine groups is 1. The molecular formula is C23H22N4O2. The normalized spacial score (nSPS) is 13.3. The van der Waals surface area contributed by atoms with Crippen LogP contribution in [-0.2, 0) is 16.0 Å². The van der Waals surface area contributed by atoms with Crippen LogP contribution in [0, 0.1) is 0 Å². The first-order valence-electron chi connectivity index (χ1n) is 9.64. The topological polar surface area (TPSA) is 74.3 Å². The van der Waals surface area contributed by atoms with Crippen LogP contribution in [0.4, 0.5) is 5.69 Å². The van der Waals surface area contributed by atoms with Gasteiger partial charge in [0.05, 0.1) is 12.1 Å². The largest absolute Gasteiger partial charge is 0.362 e. The van der Waals surface area contributed by atoms with Gasteiger partial charge in [0.2, 0.25) is 0 Å². The second-order valence-electron chi connectivity index (χ2n) is 6.95. The van der Waals surface area contributed by atoms with Crippen molar-refractivity contribution in [3.05, 3.63) is 78.0 Å². The van der Waals surface area contributed by atoms with Gasteiger partial charge in [-0.3, -0.25) is 25.4 Å². The van der Waals surface area contributed by atoms with Gasteiger partial charge in [-0.05, 0) is 36.6 Å². The molecule has 6 heteroatoms. The van der Waals surface area contributed by atoms with Crippen LogP contribution in [0.1, 0.15) is 17.5 Å². The predicted molar refractivity (Wildman–Crippen MR) is 114 cm³/mol. The fraction of sp³-hybridized carbons (Fsp3) is 0.174. The average Bonchev–Trinajstić information content (AvgIpc) is 2.76. The van der Waals surface area contributed by atoms with Gasteiger partial charge in [-0.1, -0.05) is 42.5 Å². The first-order chi connectivity index (χ1) is 14.2. The SMILES string of the molecule is O=C(/C=C/c1cccc2cccnc12)NNC(=O)CN1CCCc2ccccc21. The summed E-state index contributed by atoms with van der Waals surface area (Å²) >= 11 is 0. The van der Waals surface area contributed by atoms with Crippen LogP contribution in [0.5, 0.6) is 0 Å². The molecule has 2 N–H and O–H groups in total. The third-order valence-electron chi connectivity index (χ3n) is 4.94.